The van der Waals surface area contributed by atoms with Crippen molar-refractivity contribution in [1.29, 1.82) is 0 Å². The highest BCUT2D eigenvalue weighted by molar-refractivity contribution is 7.91. The smallest absolute Gasteiger partial charge is 0.315 e. The van der Waals surface area contributed by atoms with Crippen molar-refractivity contribution in [2.75, 3.05) is 18.1 Å². The topological polar surface area (TPSA) is 75.3 Å². The van der Waals surface area contributed by atoms with Gasteiger partial charge in [0.25, 0.3) is 0 Å². The van der Waals surface area contributed by atoms with Gasteiger partial charge in [0.2, 0.25) is 0 Å². The van der Waals surface area contributed by atoms with Crippen LogP contribution in [0, 0.1) is 11.8 Å². The van der Waals surface area contributed by atoms with Gasteiger partial charge in [-0.3, -0.25) is 0 Å². The van der Waals surface area contributed by atoms with Gasteiger partial charge >= 0.3 is 6.03 Å². The van der Waals surface area contributed by atoms with Gasteiger partial charge in [-0.2, -0.15) is 0 Å². The molecule has 0 spiro atoms. The minimum absolute atomic E-state index is 0.0239. The molecule has 20 heavy (non-hydrogen) atoms. The highest BCUT2D eigenvalue weighted by Crippen LogP contribution is 2.10. The third-order valence-corrected chi connectivity index (χ3v) is 4.68. The minimum atomic E-state index is -2.97. The molecule has 1 aliphatic heterocycles. The molecule has 1 aromatic rings. The lowest BCUT2D eigenvalue weighted by atomic mass is 10.2. The minimum Gasteiger partial charge on any atom is -0.334 e. The van der Waals surface area contributed by atoms with E-state index in [-0.39, 0.29) is 30.1 Å². The fourth-order valence-electron chi connectivity index (χ4n) is 1.94. The molecule has 0 unspecified atom stereocenters. The van der Waals surface area contributed by atoms with Gasteiger partial charge in [-0.15, -0.1) is 0 Å². The van der Waals surface area contributed by atoms with Gasteiger partial charge in [0.05, 0.1) is 18.1 Å². The molecular formula is C14H16N2O3S. The number of benzene rings is 1. The molecule has 2 rings (SSSR count). The molecule has 1 saturated heterocycles. The van der Waals surface area contributed by atoms with Crippen LogP contribution in [-0.4, -0.2) is 38.5 Å². The van der Waals surface area contributed by atoms with Crippen LogP contribution in [0.4, 0.5) is 4.79 Å². The van der Waals surface area contributed by atoms with Gasteiger partial charge in [-0.05, 0) is 18.6 Å². The first-order valence-corrected chi connectivity index (χ1v) is 8.16. The molecule has 0 aliphatic carbocycles. The summed E-state index contributed by atoms with van der Waals surface area (Å²) in [7, 11) is -2.97. The predicted octanol–water partition coefficient (Wildman–Crippen LogP) is 0.524. The molecule has 1 fully saturated rings. The molecule has 0 radical (unpaired) electrons. The SMILES string of the molecule is O=C(NCC#Cc1ccccc1)N[C@H]1CCS(=O)(=O)C1. The van der Waals surface area contributed by atoms with E-state index >= 15 is 0 Å². The van der Waals surface area contributed by atoms with Crippen molar-refractivity contribution in [2.45, 2.75) is 12.5 Å². The Morgan fingerprint density at radius 1 is 1.30 bits per heavy atom. The second-order valence-electron chi connectivity index (χ2n) is 4.59. The highest BCUT2D eigenvalue weighted by Gasteiger charge is 2.28. The van der Waals surface area contributed by atoms with Crippen molar-refractivity contribution in [3.05, 3.63) is 35.9 Å². The van der Waals surface area contributed by atoms with Gasteiger partial charge in [0.1, 0.15) is 0 Å². The van der Waals surface area contributed by atoms with Crippen LogP contribution >= 0.6 is 0 Å². The number of rotatable bonds is 2. The summed E-state index contributed by atoms with van der Waals surface area (Å²) >= 11 is 0. The van der Waals surface area contributed by atoms with Crippen LogP contribution in [0.2, 0.25) is 0 Å². The zero-order chi connectivity index (χ0) is 14.4. The molecule has 2 amide bonds. The van der Waals surface area contributed by atoms with Gasteiger partial charge < -0.3 is 10.6 Å². The van der Waals surface area contributed by atoms with E-state index in [4.69, 9.17) is 0 Å². The molecular weight excluding hydrogens is 276 g/mol. The normalized spacial score (nSPS) is 19.7. The van der Waals surface area contributed by atoms with Crippen LogP contribution in [0.25, 0.3) is 0 Å². The third-order valence-electron chi connectivity index (χ3n) is 2.91. The van der Waals surface area contributed by atoms with Gasteiger partial charge in [-0.25, -0.2) is 13.2 Å². The Morgan fingerprint density at radius 3 is 2.70 bits per heavy atom. The fraction of sp³-hybridized carbons (Fsp3) is 0.357. The summed E-state index contributed by atoms with van der Waals surface area (Å²) < 4.78 is 22.5. The Balaban J connectivity index is 1.73. The Bertz CT molecular complexity index is 629. The maximum Gasteiger partial charge on any atom is 0.315 e. The van der Waals surface area contributed by atoms with Crippen LogP contribution in [-0.2, 0) is 9.84 Å². The number of urea groups is 1. The third kappa shape index (κ3) is 4.59. The lowest BCUT2D eigenvalue weighted by molar-refractivity contribution is 0.239. The maximum absolute atomic E-state index is 11.5. The predicted molar refractivity (Wildman–Crippen MR) is 76.9 cm³/mol. The van der Waals surface area contributed by atoms with Crippen molar-refractivity contribution in [1.82, 2.24) is 10.6 Å². The fourth-order valence-corrected chi connectivity index (χ4v) is 3.61. The standard InChI is InChI=1S/C14H16N2O3S/c17-14(16-13-8-10-20(18,19)11-13)15-9-4-7-12-5-2-1-3-6-12/h1-3,5-6,13H,8-11H2,(H2,15,16,17)/t13-/m0/s1. The molecule has 0 aromatic heterocycles. The maximum atomic E-state index is 11.5. The summed E-state index contributed by atoms with van der Waals surface area (Å²) in [5, 5.41) is 5.22. The van der Waals surface area contributed by atoms with Crippen molar-refractivity contribution in [2.24, 2.45) is 0 Å². The molecule has 5 nitrogen and oxygen atoms in total. The van der Waals surface area contributed by atoms with Gasteiger partial charge in [0, 0.05) is 11.6 Å². The number of carbonyl (C=O) groups excluding carboxylic acids is 1. The first-order chi connectivity index (χ1) is 9.55. The average molecular weight is 292 g/mol. The molecule has 1 atom stereocenters. The monoisotopic (exact) mass is 292 g/mol. The number of hydrogen-bond donors (Lipinski definition) is 2. The quantitative estimate of drug-likeness (QED) is 0.781. The number of hydrogen-bond acceptors (Lipinski definition) is 3. The first-order valence-electron chi connectivity index (χ1n) is 6.34. The lowest BCUT2D eigenvalue weighted by Gasteiger charge is -2.10. The zero-order valence-electron chi connectivity index (χ0n) is 10.9. The Hall–Kier alpha value is -2.00. The van der Waals surface area contributed by atoms with E-state index in [2.05, 4.69) is 22.5 Å². The van der Waals surface area contributed by atoms with Crippen LogP contribution in [0.5, 0.6) is 0 Å². The summed E-state index contributed by atoms with van der Waals surface area (Å²) in [4.78, 5) is 11.5. The highest BCUT2D eigenvalue weighted by atomic mass is 32.2. The number of nitrogens with one attached hydrogen (secondary N) is 2. The van der Waals surface area contributed by atoms with E-state index in [1.807, 2.05) is 30.3 Å². The van der Waals surface area contributed by atoms with E-state index in [0.717, 1.165) is 5.56 Å². The first kappa shape index (κ1) is 14.4. The van der Waals surface area contributed by atoms with Crippen molar-refractivity contribution >= 4 is 15.9 Å². The summed E-state index contributed by atoms with van der Waals surface area (Å²) in [6.07, 6.45) is 0.478. The molecule has 1 aliphatic rings. The van der Waals surface area contributed by atoms with E-state index < -0.39 is 9.84 Å². The van der Waals surface area contributed by atoms with Crippen LogP contribution in [0.15, 0.2) is 30.3 Å². The van der Waals surface area contributed by atoms with E-state index in [9.17, 15) is 13.2 Å². The van der Waals surface area contributed by atoms with Crippen molar-refractivity contribution < 1.29 is 13.2 Å². The lowest BCUT2D eigenvalue weighted by Crippen LogP contribution is -2.42. The Kier molecular flexibility index (Phi) is 4.64. The van der Waals surface area contributed by atoms with Crippen LogP contribution in [0.3, 0.4) is 0 Å². The molecule has 0 saturated carbocycles. The Morgan fingerprint density at radius 2 is 2.05 bits per heavy atom. The largest absolute Gasteiger partial charge is 0.334 e. The van der Waals surface area contributed by atoms with E-state index in [1.54, 1.807) is 0 Å². The summed E-state index contributed by atoms with van der Waals surface area (Å²) in [6, 6.07) is 8.80. The number of carbonyl (C=O) groups is 1. The molecule has 1 heterocycles. The molecule has 2 N–H and O–H groups in total. The number of amides is 2. The molecule has 1 aromatic carbocycles. The summed E-state index contributed by atoms with van der Waals surface area (Å²) in [5.41, 5.74) is 0.886. The molecule has 6 heteroatoms. The van der Waals surface area contributed by atoms with Crippen LogP contribution in [0.1, 0.15) is 12.0 Å². The number of sulfone groups is 1. The van der Waals surface area contributed by atoms with E-state index in [1.165, 1.54) is 0 Å². The van der Waals surface area contributed by atoms with E-state index in [0.29, 0.717) is 6.42 Å². The molecule has 0 bridgehead atoms. The van der Waals surface area contributed by atoms with Gasteiger partial charge in [-0.1, -0.05) is 30.0 Å². The van der Waals surface area contributed by atoms with Crippen molar-refractivity contribution in [3.63, 3.8) is 0 Å². The summed E-state index contributed by atoms with van der Waals surface area (Å²) in [5.74, 6) is 5.92. The van der Waals surface area contributed by atoms with Crippen LogP contribution < -0.4 is 10.6 Å². The average Bonchev–Trinajstić information content (AvgIpc) is 2.75. The van der Waals surface area contributed by atoms with Crippen molar-refractivity contribution in [3.8, 4) is 11.8 Å². The Labute approximate surface area is 118 Å². The zero-order valence-corrected chi connectivity index (χ0v) is 11.7. The molecule has 106 valence electrons. The summed E-state index contributed by atoms with van der Waals surface area (Å²) in [6.45, 7) is 0.222. The second kappa shape index (κ2) is 6.44. The second-order valence-corrected chi connectivity index (χ2v) is 6.82. The van der Waals surface area contributed by atoms with Gasteiger partial charge in [0.15, 0.2) is 9.84 Å².